The molecule has 2 aromatic rings. The van der Waals surface area contributed by atoms with E-state index in [1.165, 1.54) is 13.8 Å². The fourth-order valence-electron chi connectivity index (χ4n) is 3.47. The second kappa shape index (κ2) is 11.7. The van der Waals surface area contributed by atoms with Gasteiger partial charge in [-0.2, -0.15) is 0 Å². The first-order valence-corrected chi connectivity index (χ1v) is 10.4. The van der Waals surface area contributed by atoms with Crippen LogP contribution in [0.1, 0.15) is 25.0 Å². The van der Waals surface area contributed by atoms with Crippen LogP contribution < -0.4 is 0 Å². The van der Waals surface area contributed by atoms with Gasteiger partial charge in [-0.3, -0.25) is 9.59 Å². The predicted octanol–water partition coefficient (Wildman–Crippen LogP) is 2.37. The first kappa shape index (κ1) is 23.9. The van der Waals surface area contributed by atoms with Gasteiger partial charge < -0.3 is 28.8 Å². The summed E-state index contributed by atoms with van der Waals surface area (Å²) in [6.07, 6.45) is -5.08. The Kier molecular flexibility index (Phi) is 8.75. The first-order valence-electron chi connectivity index (χ1n) is 10.4. The molecule has 2 aromatic carbocycles. The Labute approximate surface area is 187 Å². The van der Waals surface area contributed by atoms with Crippen LogP contribution in [0.5, 0.6) is 0 Å². The second-order valence-electron chi connectivity index (χ2n) is 7.46. The molecule has 172 valence electrons. The van der Waals surface area contributed by atoms with Crippen molar-refractivity contribution in [3.05, 3.63) is 71.8 Å². The van der Waals surface area contributed by atoms with Gasteiger partial charge in [0.1, 0.15) is 24.9 Å². The van der Waals surface area contributed by atoms with Crippen LogP contribution in [0.4, 0.5) is 0 Å². The third-order valence-corrected chi connectivity index (χ3v) is 4.93. The Morgan fingerprint density at radius 1 is 0.812 bits per heavy atom. The standard InChI is InChI=1S/C24H28O8/c1-16(25)28-15-20-21(29-13-18-9-5-3-6-10-18)22(23(24(27)32-20)31-17(2)26)30-14-19-11-7-4-8-12-19/h3-12,20-24,27H,13-15H2,1-2H3/t20-,21-,22+,23-,24?/m1/s1. The van der Waals surface area contributed by atoms with Crippen molar-refractivity contribution in [3.63, 3.8) is 0 Å². The van der Waals surface area contributed by atoms with E-state index in [1.807, 2.05) is 60.7 Å². The molecule has 5 atom stereocenters. The molecule has 1 saturated heterocycles. The van der Waals surface area contributed by atoms with Crippen LogP contribution >= 0.6 is 0 Å². The molecule has 0 aliphatic carbocycles. The predicted molar refractivity (Wildman–Crippen MR) is 113 cm³/mol. The zero-order valence-electron chi connectivity index (χ0n) is 18.1. The van der Waals surface area contributed by atoms with E-state index in [2.05, 4.69) is 0 Å². The van der Waals surface area contributed by atoms with Crippen molar-refractivity contribution < 1.29 is 38.4 Å². The Hall–Kier alpha value is -2.78. The molecule has 0 radical (unpaired) electrons. The average Bonchev–Trinajstić information content (AvgIpc) is 2.78. The van der Waals surface area contributed by atoms with E-state index in [1.54, 1.807) is 0 Å². The summed E-state index contributed by atoms with van der Waals surface area (Å²) in [7, 11) is 0. The molecule has 1 heterocycles. The molecule has 1 aliphatic rings. The van der Waals surface area contributed by atoms with Gasteiger partial charge in [0.2, 0.25) is 0 Å². The van der Waals surface area contributed by atoms with E-state index in [9.17, 15) is 14.7 Å². The smallest absolute Gasteiger partial charge is 0.303 e. The quantitative estimate of drug-likeness (QED) is 0.589. The zero-order chi connectivity index (χ0) is 22.9. The Balaban J connectivity index is 1.84. The van der Waals surface area contributed by atoms with Gasteiger partial charge in [0.15, 0.2) is 12.4 Å². The third kappa shape index (κ3) is 6.86. The van der Waals surface area contributed by atoms with Crippen LogP contribution in [0.25, 0.3) is 0 Å². The molecule has 1 unspecified atom stereocenters. The van der Waals surface area contributed by atoms with Crippen LogP contribution in [-0.4, -0.2) is 54.4 Å². The molecule has 0 aromatic heterocycles. The van der Waals surface area contributed by atoms with Crippen molar-refractivity contribution in [1.29, 1.82) is 0 Å². The average molecular weight is 444 g/mol. The van der Waals surface area contributed by atoms with Crippen LogP contribution in [0.15, 0.2) is 60.7 Å². The number of hydrogen-bond acceptors (Lipinski definition) is 8. The van der Waals surface area contributed by atoms with E-state index < -0.39 is 42.6 Å². The van der Waals surface area contributed by atoms with Gasteiger partial charge in [0.25, 0.3) is 0 Å². The van der Waals surface area contributed by atoms with Crippen molar-refractivity contribution in [2.45, 2.75) is 57.8 Å². The van der Waals surface area contributed by atoms with Crippen LogP contribution in [0.3, 0.4) is 0 Å². The Bertz CT molecular complexity index is 857. The minimum atomic E-state index is -1.48. The van der Waals surface area contributed by atoms with Gasteiger partial charge in [-0.1, -0.05) is 60.7 Å². The number of hydrogen-bond donors (Lipinski definition) is 1. The summed E-state index contributed by atoms with van der Waals surface area (Å²) in [6, 6.07) is 18.9. The van der Waals surface area contributed by atoms with E-state index >= 15 is 0 Å². The van der Waals surface area contributed by atoms with Gasteiger partial charge >= 0.3 is 11.9 Å². The molecular formula is C24H28O8. The van der Waals surface area contributed by atoms with Crippen LogP contribution in [0, 0.1) is 0 Å². The number of aliphatic hydroxyl groups excluding tert-OH is 1. The number of carbonyl (C=O) groups excluding carboxylic acids is 2. The fourth-order valence-corrected chi connectivity index (χ4v) is 3.47. The number of aliphatic hydroxyl groups is 1. The highest BCUT2D eigenvalue weighted by molar-refractivity contribution is 5.66. The van der Waals surface area contributed by atoms with Crippen molar-refractivity contribution in [1.82, 2.24) is 0 Å². The number of ether oxygens (including phenoxy) is 5. The van der Waals surface area contributed by atoms with Gasteiger partial charge in [-0.25, -0.2) is 0 Å². The highest BCUT2D eigenvalue weighted by Gasteiger charge is 2.49. The molecule has 0 amide bonds. The summed E-state index contributed by atoms with van der Waals surface area (Å²) < 4.78 is 28.3. The van der Waals surface area contributed by atoms with Gasteiger partial charge in [-0.05, 0) is 11.1 Å². The zero-order valence-corrected chi connectivity index (χ0v) is 18.1. The number of benzene rings is 2. The monoisotopic (exact) mass is 444 g/mol. The maximum absolute atomic E-state index is 11.7. The van der Waals surface area contributed by atoms with Crippen molar-refractivity contribution in [3.8, 4) is 0 Å². The van der Waals surface area contributed by atoms with Crippen molar-refractivity contribution in [2.75, 3.05) is 6.61 Å². The second-order valence-corrected chi connectivity index (χ2v) is 7.46. The molecule has 8 nitrogen and oxygen atoms in total. The lowest BCUT2D eigenvalue weighted by molar-refractivity contribution is -0.308. The van der Waals surface area contributed by atoms with Crippen molar-refractivity contribution in [2.24, 2.45) is 0 Å². The largest absolute Gasteiger partial charge is 0.463 e. The third-order valence-electron chi connectivity index (χ3n) is 4.93. The summed E-state index contributed by atoms with van der Waals surface area (Å²) in [5, 5.41) is 10.5. The SMILES string of the molecule is CC(=O)OC[C@H]1OC(O)[C@H](OC(C)=O)[C@@H](OCc2ccccc2)[C@@H]1OCc1ccccc1. The molecule has 1 aliphatic heterocycles. The summed E-state index contributed by atoms with van der Waals surface area (Å²) in [5.74, 6) is -1.08. The summed E-state index contributed by atoms with van der Waals surface area (Å²) in [5.41, 5.74) is 1.81. The molecule has 0 spiro atoms. The lowest BCUT2D eigenvalue weighted by Crippen LogP contribution is -2.61. The molecule has 3 rings (SSSR count). The van der Waals surface area contributed by atoms with Gasteiger partial charge in [-0.15, -0.1) is 0 Å². The summed E-state index contributed by atoms with van der Waals surface area (Å²) >= 11 is 0. The van der Waals surface area contributed by atoms with E-state index in [0.717, 1.165) is 11.1 Å². The topological polar surface area (TPSA) is 101 Å². The lowest BCUT2D eigenvalue weighted by atomic mass is 9.98. The van der Waals surface area contributed by atoms with Crippen molar-refractivity contribution >= 4 is 11.9 Å². The maximum Gasteiger partial charge on any atom is 0.303 e. The molecule has 0 bridgehead atoms. The molecular weight excluding hydrogens is 416 g/mol. The molecule has 1 N–H and O–H groups in total. The maximum atomic E-state index is 11.7. The number of esters is 2. The van der Waals surface area contributed by atoms with Gasteiger partial charge in [0.05, 0.1) is 13.2 Å². The molecule has 8 heteroatoms. The van der Waals surface area contributed by atoms with Gasteiger partial charge in [0, 0.05) is 13.8 Å². The Morgan fingerprint density at radius 2 is 1.34 bits per heavy atom. The highest BCUT2D eigenvalue weighted by atomic mass is 16.7. The molecule has 0 saturated carbocycles. The molecule has 1 fully saturated rings. The fraction of sp³-hybridized carbons (Fsp3) is 0.417. The minimum Gasteiger partial charge on any atom is -0.463 e. The minimum absolute atomic E-state index is 0.149. The van der Waals surface area contributed by atoms with E-state index in [4.69, 9.17) is 23.7 Å². The Morgan fingerprint density at radius 3 is 1.84 bits per heavy atom. The number of carbonyl (C=O) groups is 2. The first-order chi connectivity index (χ1) is 15.4. The van der Waals surface area contributed by atoms with Crippen LogP contribution in [0.2, 0.25) is 0 Å². The summed E-state index contributed by atoms with van der Waals surface area (Å²) in [6.45, 7) is 2.79. The number of rotatable bonds is 9. The molecule has 32 heavy (non-hydrogen) atoms. The van der Waals surface area contributed by atoms with E-state index in [-0.39, 0.29) is 19.8 Å². The normalized spacial score (nSPS) is 25.2. The summed E-state index contributed by atoms with van der Waals surface area (Å²) in [4.78, 5) is 23.1. The highest BCUT2D eigenvalue weighted by Crippen LogP contribution is 2.29. The lowest BCUT2D eigenvalue weighted by Gasteiger charge is -2.43. The van der Waals surface area contributed by atoms with E-state index in [0.29, 0.717) is 0 Å². The van der Waals surface area contributed by atoms with Crippen LogP contribution in [-0.2, 0) is 46.5 Å².